The third kappa shape index (κ3) is 5.82. The van der Waals surface area contributed by atoms with E-state index in [2.05, 4.69) is 36.7 Å². The molecule has 0 bridgehead atoms. The predicted molar refractivity (Wildman–Crippen MR) is 73.1 cm³/mol. The maximum absolute atomic E-state index is 11.5. The fourth-order valence-electron chi connectivity index (χ4n) is 1.54. The van der Waals surface area contributed by atoms with Crippen LogP contribution in [0.15, 0.2) is 24.3 Å². The normalized spacial score (nSPS) is 10.7. The minimum absolute atomic E-state index is 0.0600. The van der Waals surface area contributed by atoms with E-state index >= 15 is 0 Å². The zero-order chi connectivity index (χ0) is 13.4. The summed E-state index contributed by atoms with van der Waals surface area (Å²) in [4.78, 5) is 16.6. The van der Waals surface area contributed by atoms with Crippen LogP contribution in [0.25, 0.3) is 0 Å². The number of hydrogen-bond donors (Lipinski definition) is 1. The molecule has 0 heterocycles. The van der Waals surface area contributed by atoms with Gasteiger partial charge in [-0.3, -0.25) is 9.63 Å². The number of carbonyl (C=O) groups excluding carboxylic acids is 1. The zero-order valence-electron chi connectivity index (χ0n) is 11.5. The smallest absolute Gasteiger partial charge is 0.243 e. The molecule has 3 heteroatoms. The molecule has 100 valence electrons. The van der Waals surface area contributed by atoms with Gasteiger partial charge in [-0.2, -0.15) is 0 Å². The first-order valence-corrected chi connectivity index (χ1v) is 6.60. The average Bonchev–Trinajstić information content (AvgIpc) is 2.36. The van der Waals surface area contributed by atoms with E-state index in [0.717, 1.165) is 12.8 Å². The van der Waals surface area contributed by atoms with Crippen LogP contribution in [-0.4, -0.2) is 12.5 Å². The Kier molecular flexibility index (Phi) is 6.44. The Bertz CT molecular complexity index is 357. The Morgan fingerprint density at radius 1 is 1.22 bits per heavy atom. The summed E-state index contributed by atoms with van der Waals surface area (Å²) in [6.07, 6.45) is 2.26. The highest BCUT2D eigenvalue weighted by molar-refractivity contribution is 5.75. The fraction of sp³-hybridized carbons (Fsp3) is 0.533. The van der Waals surface area contributed by atoms with Crippen LogP contribution in [-0.2, 0) is 22.5 Å². The summed E-state index contributed by atoms with van der Waals surface area (Å²) < 4.78 is 0. The van der Waals surface area contributed by atoms with Crippen molar-refractivity contribution in [1.82, 2.24) is 5.48 Å². The number of aryl methyl sites for hydroxylation is 2. The summed E-state index contributed by atoms with van der Waals surface area (Å²) in [5, 5.41) is 0. The van der Waals surface area contributed by atoms with Crippen molar-refractivity contribution in [3.63, 3.8) is 0 Å². The molecule has 0 aliphatic carbocycles. The maximum Gasteiger partial charge on any atom is 0.243 e. The van der Waals surface area contributed by atoms with E-state index in [-0.39, 0.29) is 5.91 Å². The van der Waals surface area contributed by atoms with Gasteiger partial charge in [-0.25, -0.2) is 5.48 Å². The van der Waals surface area contributed by atoms with Crippen molar-refractivity contribution < 1.29 is 9.63 Å². The molecule has 0 saturated heterocycles. The number of rotatable bonds is 7. The highest BCUT2D eigenvalue weighted by Gasteiger charge is 2.03. The molecule has 18 heavy (non-hydrogen) atoms. The van der Waals surface area contributed by atoms with Crippen LogP contribution in [0.4, 0.5) is 0 Å². The second kappa shape index (κ2) is 7.88. The van der Waals surface area contributed by atoms with Gasteiger partial charge >= 0.3 is 0 Å². The third-order valence-electron chi connectivity index (χ3n) is 2.67. The van der Waals surface area contributed by atoms with E-state index in [9.17, 15) is 4.79 Å². The zero-order valence-corrected chi connectivity index (χ0v) is 11.5. The van der Waals surface area contributed by atoms with Crippen molar-refractivity contribution in [2.45, 2.75) is 40.0 Å². The fourth-order valence-corrected chi connectivity index (χ4v) is 1.54. The lowest BCUT2D eigenvalue weighted by atomic mass is 10.1. The lowest BCUT2D eigenvalue weighted by Gasteiger charge is -2.08. The van der Waals surface area contributed by atoms with Crippen molar-refractivity contribution >= 4 is 5.91 Å². The molecule has 0 saturated carbocycles. The quantitative estimate of drug-likeness (QED) is 0.755. The average molecular weight is 249 g/mol. The first-order chi connectivity index (χ1) is 8.61. The molecule has 1 rings (SSSR count). The van der Waals surface area contributed by atoms with E-state index in [1.165, 1.54) is 11.1 Å². The second-order valence-corrected chi connectivity index (χ2v) is 4.90. The summed E-state index contributed by atoms with van der Waals surface area (Å²) in [5.74, 6) is 0.363. The largest absolute Gasteiger partial charge is 0.273 e. The van der Waals surface area contributed by atoms with Gasteiger partial charge in [0.1, 0.15) is 0 Å². The first-order valence-electron chi connectivity index (χ1n) is 6.60. The molecule has 0 aliphatic rings. The third-order valence-corrected chi connectivity index (χ3v) is 2.67. The molecule has 0 aromatic heterocycles. The molecule has 1 aromatic carbocycles. The molecule has 0 unspecified atom stereocenters. The maximum atomic E-state index is 11.5. The Labute approximate surface area is 109 Å². The van der Waals surface area contributed by atoms with E-state index in [1.807, 2.05) is 13.8 Å². The lowest BCUT2D eigenvalue weighted by molar-refractivity contribution is -0.134. The Morgan fingerprint density at radius 3 is 2.39 bits per heavy atom. The van der Waals surface area contributed by atoms with Crippen LogP contribution in [0, 0.1) is 5.92 Å². The van der Waals surface area contributed by atoms with Gasteiger partial charge in [0.15, 0.2) is 0 Å². The van der Waals surface area contributed by atoms with Crippen molar-refractivity contribution in [2.24, 2.45) is 5.92 Å². The number of benzene rings is 1. The van der Waals surface area contributed by atoms with Crippen LogP contribution in [0.2, 0.25) is 0 Å². The van der Waals surface area contributed by atoms with Gasteiger partial charge in [0.25, 0.3) is 0 Å². The minimum Gasteiger partial charge on any atom is -0.273 e. The molecule has 1 amide bonds. The monoisotopic (exact) mass is 249 g/mol. The van der Waals surface area contributed by atoms with Gasteiger partial charge < -0.3 is 0 Å². The summed E-state index contributed by atoms with van der Waals surface area (Å²) in [6, 6.07) is 8.40. The minimum atomic E-state index is -0.0600. The number of hydrogen-bond acceptors (Lipinski definition) is 2. The SMILES string of the molecule is CCc1ccc(CCC(=O)NOCC(C)C)cc1. The molecule has 1 N–H and O–H groups in total. The van der Waals surface area contributed by atoms with Gasteiger partial charge in [0, 0.05) is 6.42 Å². The predicted octanol–water partition coefficient (Wildman–Crippen LogP) is 2.89. The Morgan fingerprint density at radius 2 is 1.83 bits per heavy atom. The molecule has 0 atom stereocenters. The molecule has 1 aromatic rings. The summed E-state index contributed by atoms with van der Waals surface area (Å²) in [6.45, 7) is 6.77. The Hall–Kier alpha value is -1.35. The molecular weight excluding hydrogens is 226 g/mol. The van der Waals surface area contributed by atoms with Crippen molar-refractivity contribution in [1.29, 1.82) is 0 Å². The van der Waals surface area contributed by atoms with Crippen LogP contribution < -0.4 is 5.48 Å². The van der Waals surface area contributed by atoms with Gasteiger partial charge in [-0.1, -0.05) is 45.0 Å². The standard InChI is InChI=1S/C15H23NO2/c1-4-13-5-7-14(8-6-13)9-10-15(17)16-18-11-12(2)3/h5-8,12H,4,9-11H2,1-3H3,(H,16,17). The van der Waals surface area contributed by atoms with Gasteiger partial charge in [0.2, 0.25) is 5.91 Å². The molecule has 0 aliphatic heterocycles. The van der Waals surface area contributed by atoms with Crippen molar-refractivity contribution in [3.8, 4) is 0 Å². The summed E-state index contributed by atoms with van der Waals surface area (Å²) >= 11 is 0. The molecule has 0 fully saturated rings. The van der Waals surface area contributed by atoms with E-state index < -0.39 is 0 Å². The van der Waals surface area contributed by atoms with Crippen molar-refractivity contribution in [3.05, 3.63) is 35.4 Å². The van der Waals surface area contributed by atoms with E-state index in [4.69, 9.17) is 4.84 Å². The highest BCUT2D eigenvalue weighted by atomic mass is 16.6. The number of amides is 1. The van der Waals surface area contributed by atoms with Crippen LogP contribution in [0.3, 0.4) is 0 Å². The number of nitrogens with one attached hydrogen (secondary N) is 1. The topological polar surface area (TPSA) is 38.3 Å². The molecule has 0 radical (unpaired) electrons. The van der Waals surface area contributed by atoms with Gasteiger partial charge in [-0.05, 0) is 29.9 Å². The molecular formula is C15H23NO2. The van der Waals surface area contributed by atoms with E-state index in [0.29, 0.717) is 18.9 Å². The lowest BCUT2D eigenvalue weighted by Crippen LogP contribution is -2.25. The van der Waals surface area contributed by atoms with Gasteiger partial charge in [0.05, 0.1) is 6.61 Å². The molecule has 3 nitrogen and oxygen atoms in total. The summed E-state index contributed by atoms with van der Waals surface area (Å²) in [5.41, 5.74) is 4.98. The summed E-state index contributed by atoms with van der Waals surface area (Å²) in [7, 11) is 0. The number of hydroxylamine groups is 1. The highest BCUT2D eigenvalue weighted by Crippen LogP contribution is 2.07. The van der Waals surface area contributed by atoms with E-state index in [1.54, 1.807) is 0 Å². The molecule has 0 spiro atoms. The first kappa shape index (κ1) is 14.7. The van der Waals surface area contributed by atoms with Crippen LogP contribution >= 0.6 is 0 Å². The number of carbonyl (C=O) groups is 1. The Balaban J connectivity index is 2.24. The van der Waals surface area contributed by atoms with Gasteiger partial charge in [-0.15, -0.1) is 0 Å². The second-order valence-electron chi connectivity index (χ2n) is 4.90. The van der Waals surface area contributed by atoms with Crippen LogP contribution in [0.1, 0.15) is 38.3 Å². The van der Waals surface area contributed by atoms with Crippen LogP contribution in [0.5, 0.6) is 0 Å². The van der Waals surface area contributed by atoms with Crippen molar-refractivity contribution in [2.75, 3.05) is 6.61 Å².